The van der Waals surface area contributed by atoms with Gasteiger partial charge in [-0.2, -0.15) is 0 Å². The highest BCUT2D eigenvalue weighted by Gasteiger charge is 2.10. The lowest BCUT2D eigenvalue weighted by atomic mass is 10.1. The molecule has 0 saturated heterocycles. The third-order valence-corrected chi connectivity index (χ3v) is 2.94. The van der Waals surface area contributed by atoms with Gasteiger partial charge < -0.3 is 0 Å². The molecule has 1 aromatic carbocycles. The summed E-state index contributed by atoms with van der Waals surface area (Å²) in [4.78, 5) is 12.0. The van der Waals surface area contributed by atoms with Crippen LogP contribution in [0.1, 0.15) is 24.5 Å². The Labute approximate surface area is 101 Å². The molecule has 1 heterocycles. The molecule has 0 aliphatic rings. The molecule has 0 radical (unpaired) electrons. The van der Waals surface area contributed by atoms with E-state index in [1.54, 1.807) is 4.68 Å². The Kier molecular flexibility index (Phi) is 3.18. The Balaban J connectivity index is 2.53. The Morgan fingerprint density at radius 3 is 2.71 bits per heavy atom. The van der Waals surface area contributed by atoms with Crippen molar-refractivity contribution in [3.8, 4) is 11.3 Å². The maximum Gasteiger partial charge on any atom is 0.270 e. The standard InChI is InChI=1S/C14H18N2O/c1-4-8-16-14(17)11(3)13(15-16)12-7-5-6-10(2)9-12/h5-7,9,15H,4,8H2,1-3H3. The summed E-state index contributed by atoms with van der Waals surface area (Å²) in [7, 11) is 0. The van der Waals surface area contributed by atoms with E-state index in [-0.39, 0.29) is 5.56 Å². The fourth-order valence-electron chi connectivity index (χ4n) is 2.04. The number of aromatic nitrogens is 2. The molecule has 0 spiro atoms. The smallest absolute Gasteiger partial charge is 0.270 e. The van der Waals surface area contributed by atoms with Crippen LogP contribution in [0, 0.1) is 13.8 Å². The van der Waals surface area contributed by atoms with Crippen LogP contribution in [-0.4, -0.2) is 9.78 Å². The van der Waals surface area contributed by atoms with Gasteiger partial charge in [0.15, 0.2) is 0 Å². The fourth-order valence-corrected chi connectivity index (χ4v) is 2.04. The molecular formula is C14H18N2O. The molecule has 1 N–H and O–H groups in total. The number of rotatable bonds is 3. The van der Waals surface area contributed by atoms with Gasteiger partial charge in [0.1, 0.15) is 0 Å². The number of hydrogen-bond acceptors (Lipinski definition) is 1. The molecule has 0 bridgehead atoms. The summed E-state index contributed by atoms with van der Waals surface area (Å²) in [5.74, 6) is 0. The molecule has 0 aliphatic carbocycles. The molecule has 2 rings (SSSR count). The number of nitrogens with one attached hydrogen (secondary N) is 1. The van der Waals surface area contributed by atoms with E-state index in [0.717, 1.165) is 29.8 Å². The van der Waals surface area contributed by atoms with E-state index in [2.05, 4.69) is 31.1 Å². The van der Waals surface area contributed by atoms with Gasteiger partial charge in [0, 0.05) is 17.7 Å². The lowest BCUT2D eigenvalue weighted by molar-refractivity contribution is 0.586. The highest BCUT2D eigenvalue weighted by Crippen LogP contribution is 2.19. The highest BCUT2D eigenvalue weighted by atomic mass is 16.1. The zero-order valence-electron chi connectivity index (χ0n) is 10.6. The summed E-state index contributed by atoms with van der Waals surface area (Å²) >= 11 is 0. The molecular weight excluding hydrogens is 212 g/mol. The normalized spacial score (nSPS) is 10.8. The van der Waals surface area contributed by atoms with E-state index in [0.29, 0.717) is 0 Å². The van der Waals surface area contributed by atoms with Crippen molar-refractivity contribution in [2.75, 3.05) is 0 Å². The van der Waals surface area contributed by atoms with Crippen LogP contribution in [0.2, 0.25) is 0 Å². The summed E-state index contributed by atoms with van der Waals surface area (Å²) in [6, 6.07) is 8.19. The van der Waals surface area contributed by atoms with Crippen LogP contribution in [0.5, 0.6) is 0 Å². The lowest BCUT2D eigenvalue weighted by Gasteiger charge is -2.01. The first-order valence-electron chi connectivity index (χ1n) is 6.00. The summed E-state index contributed by atoms with van der Waals surface area (Å²) < 4.78 is 1.69. The van der Waals surface area contributed by atoms with Crippen molar-refractivity contribution in [1.29, 1.82) is 0 Å². The Hall–Kier alpha value is -1.77. The average molecular weight is 230 g/mol. The minimum atomic E-state index is 0.0864. The predicted molar refractivity (Wildman–Crippen MR) is 70.3 cm³/mol. The van der Waals surface area contributed by atoms with Crippen LogP contribution < -0.4 is 5.56 Å². The average Bonchev–Trinajstić information content (AvgIpc) is 2.58. The summed E-state index contributed by atoms with van der Waals surface area (Å²) in [6.45, 7) is 6.74. The van der Waals surface area contributed by atoms with Gasteiger partial charge in [-0.05, 0) is 26.3 Å². The van der Waals surface area contributed by atoms with Gasteiger partial charge in [0.05, 0.1) is 5.69 Å². The molecule has 90 valence electrons. The number of hydrogen-bond donors (Lipinski definition) is 1. The molecule has 0 atom stereocenters. The van der Waals surface area contributed by atoms with Crippen LogP contribution in [0.25, 0.3) is 11.3 Å². The van der Waals surface area contributed by atoms with Crippen molar-refractivity contribution in [3.05, 3.63) is 45.7 Å². The van der Waals surface area contributed by atoms with Crippen LogP contribution >= 0.6 is 0 Å². The summed E-state index contributed by atoms with van der Waals surface area (Å²) in [6.07, 6.45) is 0.952. The number of nitrogens with zero attached hydrogens (tertiary/aromatic N) is 1. The van der Waals surface area contributed by atoms with Gasteiger partial charge in [-0.25, -0.2) is 0 Å². The molecule has 2 aromatic rings. The Bertz CT molecular complexity index is 578. The second-order valence-electron chi connectivity index (χ2n) is 4.44. The molecule has 17 heavy (non-hydrogen) atoms. The first kappa shape index (κ1) is 11.7. The van der Waals surface area contributed by atoms with Gasteiger partial charge in [-0.1, -0.05) is 30.7 Å². The van der Waals surface area contributed by atoms with Crippen LogP contribution in [0.15, 0.2) is 29.1 Å². The molecule has 0 aliphatic heterocycles. The molecule has 1 aromatic heterocycles. The van der Waals surface area contributed by atoms with Crippen molar-refractivity contribution in [2.45, 2.75) is 33.7 Å². The molecule has 3 nitrogen and oxygen atoms in total. The van der Waals surface area contributed by atoms with Gasteiger partial charge in [-0.15, -0.1) is 0 Å². The number of aryl methyl sites for hydroxylation is 2. The van der Waals surface area contributed by atoms with Crippen molar-refractivity contribution >= 4 is 0 Å². The molecule has 0 saturated carbocycles. The quantitative estimate of drug-likeness (QED) is 0.865. The van der Waals surface area contributed by atoms with Gasteiger partial charge >= 0.3 is 0 Å². The molecule has 0 unspecified atom stereocenters. The van der Waals surface area contributed by atoms with Crippen LogP contribution in [-0.2, 0) is 6.54 Å². The number of benzene rings is 1. The van der Waals surface area contributed by atoms with Gasteiger partial charge in [0.2, 0.25) is 0 Å². The highest BCUT2D eigenvalue weighted by molar-refractivity contribution is 5.63. The maximum atomic E-state index is 12.0. The Morgan fingerprint density at radius 2 is 2.06 bits per heavy atom. The predicted octanol–water partition coefficient (Wildman–Crippen LogP) is 2.87. The van der Waals surface area contributed by atoms with E-state index in [1.165, 1.54) is 5.56 Å². The zero-order chi connectivity index (χ0) is 12.4. The summed E-state index contributed by atoms with van der Waals surface area (Å²) in [5, 5.41) is 3.20. The van der Waals surface area contributed by atoms with E-state index >= 15 is 0 Å². The topological polar surface area (TPSA) is 37.8 Å². The second kappa shape index (κ2) is 4.62. The second-order valence-corrected chi connectivity index (χ2v) is 4.44. The van der Waals surface area contributed by atoms with Crippen LogP contribution in [0.3, 0.4) is 0 Å². The Morgan fingerprint density at radius 1 is 1.29 bits per heavy atom. The van der Waals surface area contributed by atoms with E-state index < -0.39 is 0 Å². The monoisotopic (exact) mass is 230 g/mol. The zero-order valence-corrected chi connectivity index (χ0v) is 10.6. The van der Waals surface area contributed by atoms with E-state index in [4.69, 9.17) is 0 Å². The largest absolute Gasteiger partial charge is 0.295 e. The van der Waals surface area contributed by atoms with Crippen LogP contribution in [0.4, 0.5) is 0 Å². The molecule has 0 amide bonds. The third kappa shape index (κ3) is 2.18. The number of aromatic amines is 1. The first-order valence-corrected chi connectivity index (χ1v) is 6.00. The SMILES string of the molecule is CCCn1[nH]c(-c2cccc(C)c2)c(C)c1=O. The first-order chi connectivity index (χ1) is 8.13. The van der Waals surface area contributed by atoms with E-state index in [1.807, 2.05) is 19.1 Å². The van der Waals surface area contributed by atoms with Crippen molar-refractivity contribution in [2.24, 2.45) is 0 Å². The third-order valence-electron chi connectivity index (χ3n) is 2.94. The van der Waals surface area contributed by atoms with Gasteiger partial charge in [0.25, 0.3) is 5.56 Å². The van der Waals surface area contributed by atoms with Gasteiger partial charge in [-0.3, -0.25) is 14.6 Å². The molecule has 0 fully saturated rings. The lowest BCUT2D eigenvalue weighted by Crippen LogP contribution is -2.17. The minimum absolute atomic E-state index is 0.0864. The van der Waals surface area contributed by atoms with E-state index in [9.17, 15) is 4.79 Å². The van der Waals surface area contributed by atoms with Crippen molar-refractivity contribution in [1.82, 2.24) is 9.78 Å². The minimum Gasteiger partial charge on any atom is -0.295 e. The summed E-state index contributed by atoms with van der Waals surface area (Å²) in [5.41, 5.74) is 4.10. The molecule has 3 heteroatoms. The number of H-pyrrole nitrogens is 1. The maximum absolute atomic E-state index is 12.0. The fraction of sp³-hybridized carbons (Fsp3) is 0.357. The van der Waals surface area contributed by atoms with Crippen molar-refractivity contribution < 1.29 is 0 Å². The van der Waals surface area contributed by atoms with Crippen molar-refractivity contribution in [3.63, 3.8) is 0 Å².